The van der Waals surface area contributed by atoms with E-state index in [1.54, 1.807) is 72.8 Å². The summed E-state index contributed by atoms with van der Waals surface area (Å²) in [4.78, 5) is 24.1. The van der Waals surface area contributed by atoms with Crippen LogP contribution in [0, 0.1) is 12.3 Å². The maximum absolute atomic E-state index is 12.0. The lowest BCUT2D eigenvalue weighted by Gasteiger charge is -2.10. The first-order valence-electron chi connectivity index (χ1n) is 9.29. The van der Waals surface area contributed by atoms with Gasteiger partial charge in [-0.2, -0.15) is 0 Å². The van der Waals surface area contributed by atoms with Gasteiger partial charge in [0.2, 0.25) is 0 Å². The molecule has 0 aromatic heterocycles. The number of amides is 2. The highest BCUT2D eigenvalue weighted by atomic mass is 35.5. The van der Waals surface area contributed by atoms with E-state index in [1.807, 2.05) is 0 Å². The number of hydrogen-bond donors (Lipinski definition) is 2. The molecular weight excluding hydrogens is 416 g/mol. The average Bonchev–Trinajstić information content (AvgIpc) is 2.79. The minimum Gasteiger partial charge on any atom is -0.484 e. The molecule has 0 spiro atoms. The summed E-state index contributed by atoms with van der Waals surface area (Å²) in [7, 11) is 0. The van der Waals surface area contributed by atoms with Crippen LogP contribution in [0.5, 0.6) is 11.5 Å². The Balaban J connectivity index is 1.42. The number of nitrogens with one attached hydrogen (secondary N) is 2. The van der Waals surface area contributed by atoms with E-state index in [0.29, 0.717) is 27.9 Å². The zero-order chi connectivity index (χ0) is 22.1. The molecule has 31 heavy (non-hydrogen) atoms. The maximum atomic E-state index is 12.0. The van der Waals surface area contributed by atoms with Crippen LogP contribution in [0.4, 0.5) is 11.4 Å². The first kappa shape index (κ1) is 21.8. The molecule has 3 aromatic carbocycles. The molecule has 3 rings (SSSR count). The van der Waals surface area contributed by atoms with E-state index >= 15 is 0 Å². The summed E-state index contributed by atoms with van der Waals surface area (Å²) in [6.07, 6.45) is 5.30. The summed E-state index contributed by atoms with van der Waals surface area (Å²) >= 11 is 5.81. The molecule has 0 aliphatic heterocycles. The zero-order valence-electron chi connectivity index (χ0n) is 16.4. The molecule has 156 valence electrons. The normalized spacial score (nSPS) is 9.94. The molecule has 0 saturated carbocycles. The third-order valence-electron chi connectivity index (χ3n) is 4.03. The van der Waals surface area contributed by atoms with E-state index in [2.05, 4.69) is 16.6 Å². The Hall–Kier alpha value is -3.95. The lowest BCUT2D eigenvalue weighted by molar-refractivity contribution is -0.118. The van der Waals surface area contributed by atoms with E-state index < -0.39 is 0 Å². The van der Waals surface area contributed by atoms with Gasteiger partial charge >= 0.3 is 0 Å². The van der Waals surface area contributed by atoms with E-state index in [9.17, 15) is 9.59 Å². The first-order chi connectivity index (χ1) is 15.0. The molecule has 2 N–H and O–H groups in total. The lowest BCUT2D eigenvalue weighted by Crippen LogP contribution is -2.21. The van der Waals surface area contributed by atoms with Crippen LogP contribution in [-0.4, -0.2) is 25.0 Å². The molecule has 6 nitrogen and oxygen atoms in total. The Kier molecular flexibility index (Phi) is 7.52. The zero-order valence-corrected chi connectivity index (χ0v) is 17.2. The number of halogens is 1. The summed E-state index contributed by atoms with van der Waals surface area (Å²) in [5, 5.41) is 6.03. The third-order valence-corrected chi connectivity index (χ3v) is 4.28. The van der Waals surface area contributed by atoms with Crippen molar-refractivity contribution in [2.24, 2.45) is 0 Å². The van der Waals surface area contributed by atoms with Gasteiger partial charge in [-0.05, 0) is 72.8 Å². The topological polar surface area (TPSA) is 76.7 Å². The van der Waals surface area contributed by atoms with Crippen LogP contribution in [0.3, 0.4) is 0 Å². The second-order valence-corrected chi connectivity index (χ2v) is 6.81. The summed E-state index contributed by atoms with van der Waals surface area (Å²) in [6, 6.07) is 20.3. The number of rotatable bonds is 8. The van der Waals surface area contributed by atoms with Gasteiger partial charge in [-0.1, -0.05) is 17.5 Å². The predicted molar refractivity (Wildman–Crippen MR) is 121 cm³/mol. The van der Waals surface area contributed by atoms with Gasteiger partial charge < -0.3 is 20.1 Å². The molecule has 0 atom stereocenters. The van der Waals surface area contributed by atoms with E-state index in [0.717, 1.165) is 5.56 Å². The number of terminal acetylenes is 1. The Morgan fingerprint density at radius 1 is 0.742 bits per heavy atom. The summed E-state index contributed by atoms with van der Waals surface area (Å²) in [5.74, 6) is 2.99. The van der Waals surface area contributed by atoms with Crippen LogP contribution >= 0.6 is 11.6 Å². The molecule has 3 aromatic rings. The minimum atomic E-state index is -0.311. The van der Waals surface area contributed by atoms with Crippen LogP contribution in [-0.2, 0) is 9.59 Å². The average molecular weight is 435 g/mol. The molecule has 2 amide bonds. The summed E-state index contributed by atoms with van der Waals surface area (Å²) in [6.45, 7) is -0.282. The fraction of sp³-hybridized carbons (Fsp3) is 0.0833. The van der Waals surface area contributed by atoms with Crippen molar-refractivity contribution in [2.75, 3.05) is 23.8 Å². The van der Waals surface area contributed by atoms with Crippen molar-refractivity contribution in [2.45, 2.75) is 0 Å². The first-order valence-corrected chi connectivity index (χ1v) is 9.67. The lowest BCUT2D eigenvalue weighted by atomic mass is 10.2. The second kappa shape index (κ2) is 10.7. The van der Waals surface area contributed by atoms with Crippen molar-refractivity contribution in [3.05, 3.63) is 83.4 Å². The molecule has 0 bridgehead atoms. The Bertz CT molecular complexity index is 1070. The largest absolute Gasteiger partial charge is 0.484 e. The summed E-state index contributed by atoms with van der Waals surface area (Å²) in [5.41, 5.74) is 1.89. The van der Waals surface area contributed by atoms with Gasteiger partial charge in [0.05, 0.1) is 0 Å². The Morgan fingerprint density at radius 3 is 1.58 bits per heavy atom. The van der Waals surface area contributed by atoms with Gasteiger partial charge in [0.1, 0.15) is 11.5 Å². The van der Waals surface area contributed by atoms with Crippen molar-refractivity contribution < 1.29 is 19.1 Å². The van der Waals surface area contributed by atoms with Crippen LogP contribution in [0.25, 0.3) is 0 Å². The van der Waals surface area contributed by atoms with Crippen molar-refractivity contribution in [1.82, 2.24) is 0 Å². The van der Waals surface area contributed by atoms with Crippen molar-refractivity contribution >= 4 is 34.8 Å². The monoisotopic (exact) mass is 434 g/mol. The second-order valence-electron chi connectivity index (χ2n) is 6.37. The van der Waals surface area contributed by atoms with Crippen LogP contribution in [0.1, 0.15) is 5.56 Å². The summed E-state index contributed by atoms with van der Waals surface area (Å²) < 4.78 is 10.8. The number of benzene rings is 3. The van der Waals surface area contributed by atoms with Gasteiger partial charge in [-0.25, -0.2) is 0 Å². The van der Waals surface area contributed by atoms with Crippen LogP contribution < -0.4 is 20.1 Å². The highest BCUT2D eigenvalue weighted by molar-refractivity contribution is 6.30. The third kappa shape index (κ3) is 7.11. The highest BCUT2D eigenvalue weighted by Gasteiger charge is 2.06. The van der Waals surface area contributed by atoms with Gasteiger partial charge in [0.15, 0.2) is 13.2 Å². The molecule has 0 aliphatic rings. The van der Waals surface area contributed by atoms with Crippen LogP contribution in [0.2, 0.25) is 5.02 Å². The molecular formula is C24H19ClN2O4. The molecule has 0 radical (unpaired) electrons. The smallest absolute Gasteiger partial charge is 0.262 e. The maximum Gasteiger partial charge on any atom is 0.262 e. The predicted octanol–water partition coefficient (Wildman–Crippen LogP) is 4.36. The molecule has 0 unspecified atom stereocenters. The van der Waals surface area contributed by atoms with Crippen LogP contribution in [0.15, 0.2) is 72.8 Å². The van der Waals surface area contributed by atoms with Gasteiger partial charge in [-0.15, -0.1) is 6.42 Å². The van der Waals surface area contributed by atoms with Gasteiger partial charge in [0, 0.05) is 22.0 Å². The van der Waals surface area contributed by atoms with Crippen molar-refractivity contribution in [1.29, 1.82) is 0 Å². The Labute approximate surface area is 185 Å². The minimum absolute atomic E-state index is 0.139. The molecule has 0 heterocycles. The fourth-order valence-corrected chi connectivity index (χ4v) is 2.63. The van der Waals surface area contributed by atoms with Gasteiger partial charge in [-0.3, -0.25) is 9.59 Å². The molecule has 7 heteroatoms. The highest BCUT2D eigenvalue weighted by Crippen LogP contribution is 2.17. The quantitative estimate of drug-likeness (QED) is 0.516. The number of carbonyl (C=O) groups is 2. The van der Waals surface area contributed by atoms with E-state index in [1.165, 1.54) is 0 Å². The fourth-order valence-electron chi connectivity index (χ4n) is 2.51. The van der Waals surface area contributed by atoms with Crippen molar-refractivity contribution in [3.63, 3.8) is 0 Å². The Morgan fingerprint density at radius 2 is 1.16 bits per heavy atom. The van der Waals surface area contributed by atoms with E-state index in [-0.39, 0.29) is 25.0 Å². The standard InChI is InChI=1S/C24H19ClN2O4/c1-2-17-3-11-21(12-4-17)30-15-23(28)26-19-7-9-20(10-8-19)27-24(29)16-31-22-13-5-18(25)6-14-22/h1,3-14H,15-16H2,(H,26,28)(H,27,29). The van der Waals surface area contributed by atoms with Crippen molar-refractivity contribution in [3.8, 4) is 23.8 Å². The number of anilines is 2. The number of carbonyl (C=O) groups excluding carboxylic acids is 2. The molecule has 0 aliphatic carbocycles. The number of hydrogen-bond acceptors (Lipinski definition) is 4. The SMILES string of the molecule is C#Cc1ccc(OCC(=O)Nc2ccc(NC(=O)COc3ccc(Cl)cc3)cc2)cc1. The van der Waals surface area contributed by atoms with E-state index in [4.69, 9.17) is 27.5 Å². The number of ether oxygens (including phenoxy) is 2. The molecule has 0 fully saturated rings. The van der Waals surface area contributed by atoms with Gasteiger partial charge in [0.25, 0.3) is 11.8 Å². The molecule has 0 saturated heterocycles.